The highest BCUT2D eigenvalue weighted by atomic mass is 35.5. The van der Waals surface area contributed by atoms with Crippen LogP contribution in [-0.4, -0.2) is 40.4 Å². The molecule has 2 fully saturated rings. The molecule has 1 amide bonds. The average molecular weight is 464 g/mol. The second kappa shape index (κ2) is 11.3. The van der Waals surface area contributed by atoms with Crippen LogP contribution in [0.15, 0.2) is 29.3 Å². The predicted molar refractivity (Wildman–Crippen MR) is 119 cm³/mol. The monoisotopic (exact) mass is 463 g/mol. The predicted octanol–water partition coefficient (Wildman–Crippen LogP) is 5.97. The first-order chi connectivity index (χ1) is 13.9. The van der Waals surface area contributed by atoms with Gasteiger partial charge in [0.2, 0.25) is 5.91 Å². The smallest absolute Gasteiger partial charge is 0.347 e. The van der Waals surface area contributed by atoms with E-state index in [-0.39, 0.29) is 24.4 Å². The first-order valence-corrected chi connectivity index (χ1v) is 11.3. The molecular weight excluding hydrogens is 435 g/mol. The number of hydrogen-bond acceptors (Lipinski definition) is 3. The molecular formula is C21H29ClF3N3OS. The fraction of sp³-hybridized carbons (Fsp3) is 0.619. The molecule has 0 bridgehead atoms. The van der Waals surface area contributed by atoms with Crippen molar-refractivity contribution in [3.05, 3.63) is 29.8 Å². The molecule has 2 aliphatic rings. The van der Waals surface area contributed by atoms with Crippen LogP contribution in [0, 0.1) is 0 Å². The van der Waals surface area contributed by atoms with Crippen molar-refractivity contribution in [3.8, 4) is 0 Å². The molecule has 0 aromatic heterocycles. The quantitative estimate of drug-likeness (QED) is 0.565. The van der Waals surface area contributed by atoms with Crippen molar-refractivity contribution in [1.29, 1.82) is 0 Å². The lowest BCUT2D eigenvalue weighted by Crippen LogP contribution is -2.37. The van der Waals surface area contributed by atoms with E-state index in [4.69, 9.17) is 4.99 Å². The summed E-state index contributed by atoms with van der Waals surface area (Å²) in [7, 11) is 0. The van der Waals surface area contributed by atoms with Gasteiger partial charge in [-0.3, -0.25) is 9.79 Å². The van der Waals surface area contributed by atoms with Crippen molar-refractivity contribution in [2.24, 2.45) is 4.99 Å². The van der Waals surface area contributed by atoms with Crippen LogP contribution in [0.25, 0.3) is 0 Å². The third kappa shape index (κ3) is 6.80. The first-order valence-electron chi connectivity index (χ1n) is 10.3. The maximum atomic E-state index is 12.7. The van der Waals surface area contributed by atoms with Crippen molar-refractivity contribution >= 4 is 40.9 Å². The molecule has 3 rings (SSSR count). The Morgan fingerprint density at radius 3 is 2.47 bits per heavy atom. The van der Waals surface area contributed by atoms with Crippen molar-refractivity contribution < 1.29 is 18.0 Å². The van der Waals surface area contributed by atoms with E-state index in [0.717, 1.165) is 48.9 Å². The highest BCUT2D eigenvalue weighted by molar-refractivity contribution is 8.14. The van der Waals surface area contributed by atoms with Gasteiger partial charge < -0.3 is 10.2 Å². The van der Waals surface area contributed by atoms with Crippen molar-refractivity contribution in [2.75, 3.05) is 17.6 Å². The highest BCUT2D eigenvalue weighted by Crippen LogP contribution is 2.31. The van der Waals surface area contributed by atoms with Gasteiger partial charge >= 0.3 is 6.18 Å². The molecule has 1 aromatic carbocycles. The van der Waals surface area contributed by atoms with E-state index >= 15 is 0 Å². The maximum absolute atomic E-state index is 12.7. The van der Waals surface area contributed by atoms with E-state index < -0.39 is 11.7 Å². The molecule has 1 aliphatic carbocycles. The zero-order valence-corrected chi connectivity index (χ0v) is 18.7. The number of thioether (sulfide) groups is 1. The number of nitrogens with zero attached hydrogens (tertiary/aromatic N) is 2. The molecule has 4 nitrogen and oxygen atoms in total. The molecule has 0 spiro atoms. The number of nitrogens with one attached hydrogen (secondary N) is 1. The Kier molecular flexibility index (Phi) is 9.34. The number of amidine groups is 1. The summed E-state index contributed by atoms with van der Waals surface area (Å²) in [5, 5.41) is 3.77. The van der Waals surface area contributed by atoms with Gasteiger partial charge in [-0.2, -0.15) is 13.2 Å². The van der Waals surface area contributed by atoms with E-state index in [1.54, 1.807) is 11.8 Å². The molecule has 1 heterocycles. The van der Waals surface area contributed by atoms with E-state index in [0.29, 0.717) is 18.2 Å². The standard InChI is InChI=1S/C21H28F3N3OS.ClH/c1-2-12-27-18(14-29-20(27)26-16-6-4-3-5-7-16)13-19(28)25-17-10-8-15(9-11-17)21(22,23)24;/h8-11,16,18H,2-7,12-14H2,1H3,(H,25,28);1H/b26-20-;. The first kappa shape index (κ1) is 24.9. The Morgan fingerprint density at radius 2 is 1.87 bits per heavy atom. The Morgan fingerprint density at radius 1 is 1.20 bits per heavy atom. The lowest BCUT2D eigenvalue weighted by atomic mass is 9.96. The summed E-state index contributed by atoms with van der Waals surface area (Å²) in [4.78, 5) is 19.7. The van der Waals surface area contributed by atoms with Crippen molar-refractivity contribution in [2.45, 2.75) is 70.1 Å². The zero-order valence-electron chi connectivity index (χ0n) is 17.1. The lowest BCUT2D eigenvalue weighted by Gasteiger charge is -2.27. The number of aliphatic imine (C=N–C) groups is 1. The van der Waals surface area contributed by atoms with Crippen LogP contribution in [-0.2, 0) is 11.0 Å². The van der Waals surface area contributed by atoms with E-state index in [9.17, 15) is 18.0 Å². The van der Waals surface area contributed by atoms with Crippen molar-refractivity contribution in [1.82, 2.24) is 4.90 Å². The molecule has 1 aromatic rings. The summed E-state index contributed by atoms with van der Waals surface area (Å²) >= 11 is 1.72. The number of carbonyl (C=O) groups is 1. The summed E-state index contributed by atoms with van der Waals surface area (Å²) in [5.74, 6) is 0.627. The number of rotatable bonds is 6. The van der Waals surface area contributed by atoms with E-state index in [1.807, 2.05) is 0 Å². The largest absolute Gasteiger partial charge is 0.416 e. The summed E-state index contributed by atoms with van der Waals surface area (Å²) in [6.07, 6.45) is 2.95. The van der Waals surface area contributed by atoms with Gasteiger partial charge in [0.15, 0.2) is 5.17 Å². The van der Waals surface area contributed by atoms with Gasteiger partial charge in [-0.25, -0.2) is 0 Å². The Balaban J connectivity index is 0.00000320. The maximum Gasteiger partial charge on any atom is 0.416 e. The second-order valence-electron chi connectivity index (χ2n) is 7.69. The topological polar surface area (TPSA) is 44.7 Å². The number of amides is 1. The summed E-state index contributed by atoms with van der Waals surface area (Å²) in [6, 6.07) is 5.02. The fourth-order valence-corrected chi connectivity index (χ4v) is 5.10. The van der Waals surface area contributed by atoms with E-state index in [1.165, 1.54) is 31.4 Å². The number of alkyl halides is 3. The molecule has 1 aliphatic heterocycles. The van der Waals surface area contributed by atoms with Gasteiger partial charge in [-0.15, -0.1) is 12.4 Å². The van der Waals surface area contributed by atoms with Crippen LogP contribution in [0.4, 0.5) is 18.9 Å². The van der Waals surface area contributed by atoms with Gasteiger partial charge in [0.25, 0.3) is 0 Å². The Hall–Kier alpha value is -1.41. The number of hydrogen-bond donors (Lipinski definition) is 1. The molecule has 1 N–H and O–H groups in total. The average Bonchev–Trinajstić information content (AvgIpc) is 3.04. The zero-order chi connectivity index (χ0) is 20.9. The SMILES string of the molecule is CCCN1/C(=N/C2CCCCC2)SCC1CC(=O)Nc1ccc(C(F)(F)F)cc1.Cl. The third-order valence-electron chi connectivity index (χ3n) is 5.34. The van der Waals surface area contributed by atoms with Crippen LogP contribution in [0.1, 0.15) is 57.4 Å². The molecule has 9 heteroatoms. The fourth-order valence-electron chi connectivity index (χ4n) is 3.83. The summed E-state index contributed by atoms with van der Waals surface area (Å²) in [5.41, 5.74) is -0.341. The van der Waals surface area contributed by atoms with E-state index in [2.05, 4.69) is 17.1 Å². The molecule has 1 unspecified atom stereocenters. The van der Waals surface area contributed by atoms with Crippen LogP contribution in [0.3, 0.4) is 0 Å². The second-order valence-corrected chi connectivity index (χ2v) is 8.68. The van der Waals surface area contributed by atoms with Crippen molar-refractivity contribution in [3.63, 3.8) is 0 Å². The highest BCUT2D eigenvalue weighted by Gasteiger charge is 2.32. The Bertz CT molecular complexity index is 721. The molecule has 1 saturated carbocycles. The number of carbonyl (C=O) groups excluding carboxylic acids is 1. The number of anilines is 1. The third-order valence-corrected chi connectivity index (χ3v) is 6.49. The molecule has 1 saturated heterocycles. The number of benzene rings is 1. The van der Waals surface area contributed by atoms with Crippen LogP contribution >= 0.6 is 24.2 Å². The summed E-state index contributed by atoms with van der Waals surface area (Å²) in [6.45, 7) is 2.97. The van der Waals surface area contributed by atoms with Gasteiger partial charge in [-0.1, -0.05) is 37.9 Å². The minimum atomic E-state index is -4.38. The number of halogens is 4. The molecule has 30 heavy (non-hydrogen) atoms. The molecule has 1 atom stereocenters. The minimum absolute atomic E-state index is 0. The van der Waals surface area contributed by atoms with Gasteiger partial charge in [0, 0.05) is 30.4 Å². The minimum Gasteiger partial charge on any atom is -0.347 e. The summed E-state index contributed by atoms with van der Waals surface area (Å²) < 4.78 is 38.0. The van der Waals surface area contributed by atoms with Crippen LogP contribution in [0.5, 0.6) is 0 Å². The van der Waals surface area contributed by atoms with Gasteiger partial charge in [0.1, 0.15) is 0 Å². The molecule has 168 valence electrons. The van der Waals surface area contributed by atoms with Crippen LogP contribution < -0.4 is 5.32 Å². The lowest BCUT2D eigenvalue weighted by molar-refractivity contribution is -0.137. The molecule has 0 radical (unpaired) electrons. The van der Waals surface area contributed by atoms with Gasteiger partial charge in [0.05, 0.1) is 11.6 Å². The Labute approximate surface area is 186 Å². The normalized spacial score (nSPS) is 21.5. The van der Waals surface area contributed by atoms with Gasteiger partial charge in [-0.05, 0) is 43.5 Å². The van der Waals surface area contributed by atoms with Crippen LogP contribution in [0.2, 0.25) is 0 Å².